The van der Waals surface area contributed by atoms with Crippen molar-refractivity contribution in [1.82, 2.24) is 5.32 Å². The molecule has 0 spiro atoms. The molecule has 1 aromatic rings. The summed E-state index contributed by atoms with van der Waals surface area (Å²) in [6.07, 6.45) is 1.11. The van der Waals surface area contributed by atoms with Crippen LogP contribution in [-0.2, 0) is 13.0 Å². The lowest BCUT2D eigenvalue weighted by molar-refractivity contribution is 0.285. The van der Waals surface area contributed by atoms with Gasteiger partial charge < -0.3 is 5.32 Å². The summed E-state index contributed by atoms with van der Waals surface area (Å²) in [5.74, 6) is 0. The third-order valence-electron chi connectivity index (χ3n) is 3.40. The summed E-state index contributed by atoms with van der Waals surface area (Å²) in [7, 11) is 0. The van der Waals surface area contributed by atoms with Gasteiger partial charge in [0.15, 0.2) is 0 Å². The van der Waals surface area contributed by atoms with Gasteiger partial charge in [-0.2, -0.15) is 0 Å². The van der Waals surface area contributed by atoms with Crippen LogP contribution in [0.1, 0.15) is 45.7 Å². The van der Waals surface area contributed by atoms with Crippen LogP contribution in [0, 0.1) is 5.41 Å². The Bertz CT molecular complexity index is 322. The van der Waals surface area contributed by atoms with Gasteiger partial charge in [-0.15, -0.1) is 0 Å². The van der Waals surface area contributed by atoms with Crippen LogP contribution in [0.25, 0.3) is 0 Å². The number of hydrogen-bond acceptors (Lipinski definition) is 1. The molecule has 90 valence electrons. The molecule has 0 aliphatic rings. The second-order valence-corrected chi connectivity index (χ2v) is 5.59. The van der Waals surface area contributed by atoms with Crippen molar-refractivity contribution in [2.45, 2.75) is 53.6 Å². The minimum atomic E-state index is 0.321. The molecule has 0 heterocycles. The smallest absolute Gasteiger partial charge is 0.0210 e. The molecule has 0 aliphatic heterocycles. The Morgan fingerprint density at radius 2 is 1.69 bits per heavy atom. The maximum absolute atomic E-state index is 3.61. The predicted molar refractivity (Wildman–Crippen MR) is 71.6 cm³/mol. The minimum Gasteiger partial charge on any atom is -0.310 e. The lowest BCUT2D eigenvalue weighted by atomic mass is 9.88. The zero-order valence-corrected chi connectivity index (χ0v) is 11.3. The van der Waals surface area contributed by atoms with Crippen molar-refractivity contribution in [2.24, 2.45) is 5.41 Å². The first-order valence-electron chi connectivity index (χ1n) is 6.25. The summed E-state index contributed by atoms with van der Waals surface area (Å²) in [4.78, 5) is 0. The van der Waals surface area contributed by atoms with Gasteiger partial charge in [0, 0.05) is 12.6 Å². The van der Waals surface area contributed by atoms with Crippen LogP contribution in [0.15, 0.2) is 24.3 Å². The van der Waals surface area contributed by atoms with Crippen LogP contribution >= 0.6 is 0 Å². The molecule has 1 unspecified atom stereocenters. The van der Waals surface area contributed by atoms with Crippen LogP contribution in [0.3, 0.4) is 0 Å². The molecule has 0 aromatic heterocycles. The van der Waals surface area contributed by atoms with Crippen molar-refractivity contribution in [1.29, 1.82) is 0 Å². The van der Waals surface area contributed by atoms with E-state index in [0.717, 1.165) is 13.0 Å². The van der Waals surface area contributed by atoms with Crippen LogP contribution in [-0.4, -0.2) is 6.04 Å². The lowest BCUT2D eigenvalue weighted by Crippen LogP contribution is -2.37. The van der Waals surface area contributed by atoms with Gasteiger partial charge in [0.05, 0.1) is 0 Å². The van der Waals surface area contributed by atoms with E-state index in [4.69, 9.17) is 0 Å². The highest BCUT2D eigenvalue weighted by Gasteiger charge is 2.19. The molecule has 0 bridgehead atoms. The maximum atomic E-state index is 3.61. The van der Waals surface area contributed by atoms with Gasteiger partial charge in [0.2, 0.25) is 0 Å². The Kier molecular flexibility index (Phi) is 4.55. The molecule has 1 atom stereocenters. The predicted octanol–water partition coefficient (Wildman–Crippen LogP) is 3.77. The fourth-order valence-corrected chi connectivity index (χ4v) is 1.64. The van der Waals surface area contributed by atoms with E-state index in [0.29, 0.717) is 11.5 Å². The van der Waals surface area contributed by atoms with Gasteiger partial charge in [0.25, 0.3) is 0 Å². The molecule has 0 radical (unpaired) electrons. The second-order valence-electron chi connectivity index (χ2n) is 5.59. The summed E-state index contributed by atoms with van der Waals surface area (Å²) in [5, 5.41) is 3.61. The lowest BCUT2D eigenvalue weighted by Gasteiger charge is -2.28. The third-order valence-corrected chi connectivity index (χ3v) is 3.40. The average molecular weight is 219 g/mol. The highest BCUT2D eigenvalue weighted by molar-refractivity contribution is 5.26. The van der Waals surface area contributed by atoms with Crippen molar-refractivity contribution in [3.05, 3.63) is 35.4 Å². The second kappa shape index (κ2) is 5.49. The molecular weight excluding hydrogens is 194 g/mol. The Morgan fingerprint density at radius 3 is 2.19 bits per heavy atom. The third kappa shape index (κ3) is 3.64. The van der Waals surface area contributed by atoms with Gasteiger partial charge in [0.1, 0.15) is 0 Å². The van der Waals surface area contributed by atoms with Gasteiger partial charge in [-0.05, 0) is 29.9 Å². The van der Waals surface area contributed by atoms with Gasteiger partial charge in [-0.25, -0.2) is 0 Å². The average Bonchev–Trinajstić information content (AvgIpc) is 2.24. The van der Waals surface area contributed by atoms with E-state index in [1.165, 1.54) is 11.1 Å². The highest BCUT2D eigenvalue weighted by atomic mass is 14.9. The summed E-state index contributed by atoms with van der Waals surface area (Å²) in [5.41, 5.74) is 3.21. The SMILES string of the molecule is CCc1ccccc1CNC(C)C(C)(C)C. The summed E-state index contributed by atoms with van der Waals surface area (Å²) < 4.78 is 0. The van der Waals surface area contributed by atoms with E-state index in [1.54, 1.807) is 0 Å². The van der Waals surface area contributed by atoms with Gasteiger partial charge in [-0.1, -0.05) is 52.0 Å². The van der Waals surface area contributed by atoms with E-state index in [-0.39, 0.29) is 0 Å². The molecule has 1 N–H and O–H groups in total. The van der Waals surface area contributed by atoms with Crippen molar-refractivity contribution < 1.29 is 0 Å². The normalized spacial score (nSPS) is 13.8. The fourth-order valence-electron chi connectivity index (χ4n) is 1.64. The molecule has 0 aliphatic carbocycles. The van der Waals surface area contributed by atoms with E-state index in [2.05, 4.69) is 64.2 Å². The molecule has 1 nitrogen and oxygen atoms in total. The van der Waals surface area contributed by atoms with E-state index >= 15 is 0 Å². The van der Waals surface area contributed by atoms with Crippen LogP contribution in [0.4, 0.5) is 0 Å². The first-order valence-corrected chi connectivity index (χ1v) is 6.25. The molecule has 0 saturated heterocycles. The summed E-state index contributed by atoms with van der Waals surface area (Å²) in [6.45, 7) is 12.3. The number of nitrogens with one attached hydrogen (secondary N) is 1. The molecule has 1 aromatic carbocycles. The van der Waals surface area contributed by atoms with Crippen LogP contribution < -0.4 is 5.32 Å². The zero-order chi connectivity index (χ0) is 12.2. The van der Waals surface area contributed by atoms with Crippen molar-refractivity contribution in [2.75, 3.05) is 0 Å². The molecule has 1 heteroatoms. The highest BCUT2D eigenvalue weighted by Crippen LogP contribution is 2.19. The zero-order valence-electron chi connectivity index (χ0n) is 11.3. The standard InChI is InChI=1S/C15H25N/c1-6-13-9-7-8-10-14(13)11-16-12(2)15(3,4)5/h7-10,12,16H,6,11H2,1-5H3. The monoisotopic (exact) mass is 219 g/mol. The largest absolute Gasteiger partial charge is 0.310 e. The quantitative estimate of drug-likeness (QED) is 0.812. The van der Waals surface area contributed by atoms with Gasteiger partial charge in [-0.3, -0.25) is 0 Å². The number of benzene rings is 1. The maximum Gasteiger partial charge on any atom is 0.0210 e. The minimum absolute atomic E-state index is 0.321. The number of rotatable bonds is 4. The summed E-state index contributed by atoms with van der Waals surface area (Å²) >= 11 is 0. The summed E-state index contributed by atoms with van der Waals surface area (Å²) in [6, 6.07) is 9.21. The molecular formula is C15H25N. The Balaban J connectivity index is 2.61. The molecule has 16 heavy (non-hydrogen) atoms. The number of aryl methyl sites for hydroxylation is 1. The van der Waals surface area contributed by atoms with Gasteiger partial charge >= 0.3 is 0 Å². The van der Waals surface area contributed by atoms with Crippen LogP contribution in [0.5, 0.6) is 0 Å². The van der Waals surface area contributed by atoms with Crippen molar-refractivity contribution in [3.63, 3.8) is 0 Å². The van der Waals surface area contributed by atoms with Crippen molar-refractivity contribution >= 4 is 0 Å². The van der Waals surface area contributed by atoms with Crippen LogP contribution in [0.2, 0.25) is 0 Å². The van der Waals surface area contributed by atoms with E-state index < -0.39 is 0 Å². The Morgan fingerprint density at radius 1 is 1.12 bits per heavy atom. The topological polar surface area (TPSA) is 12.0 Å². The first-order chi connectivity index (χ1) is 7.45. The Labute approximate surface area is 100 Å². The molecule has 0 amide bonds. The van der Waals surface area contributed by atoms with E-state index in [1.807, 2.05) is 0 Å². The molecule has 0 saturated carbocycles. The van der Waals surface area contributed by atoms with Crippen molar-refractivity contribution in [3.8, 4) is 0 Å². The molecule has 1 rings (SSSR count). The Hall–Kier alpha value is -0.820. The van der Waals surface area contributed by atoms with E-state index in [9.17, 15) is 0 Å². The fraction of sp³-hybridized carbons (Fsp3) is 0.600. The number of hydrogen-bond donors (Lipinski definition) is 1. The molecule has 0 fully saturated rings. The first kappa shape index (κ1) is 13.2.